The lowest BCUT2D eigenvalue weighted by molar-refractivity contribution is -0.128. The topological polar surface area (TPSA) is 104 Å². The van der Waals surface area contributed by atoms with E-state index in [2.05, 4.69) is 22.0 Å². The Hall–Kier alpha value is -3.32. The van der Waals surface area contributed by atoms with Crippen LogP contribution in [0.1, 0.15) is 96.3 Å². The third-order valence-corrected chi connectivity index (χ3v) is 9.29. The minimum Gasteiger partial charge on any atom is -0.355 e. The van der Waals surface area contributed by atoms with E-state index in [1.165, 1.54) is 44.1 Å². The van der Waals surface area contributed by atoms with E-state index in [9.17, 15) is 19.2 Å². The summed E-state index contributed by atoms with van der Waals surface area (Å²) in [6.45, 7) is 0.413. The van der Waals surface area contributed by atoms with Gasteiger partial charge in [0.1, 0.15) is 5.78 Å². The molecule has 7 heteroatoms. The first-order valence-corrected chi connectivity index (χ1v) is 17.0. The summed E-state index contributed by atoms with van der Waals surface area (Å²) in [5.74, 6) is -0.0556. The highest BCUT2D eigenvalue weighted by Crippen LogP contribution is 2.45. The van der Waals surface area contributed by atoms with Gasteiger partial charge in [0, 0.05) is 31.3 Å². The normalized spacial score (nSPS) is 27.3. The van der Waals surface area contributed by atoms with Gasteiger partial charge in [-0.25, -0.2) is 0 Å². The Kier molecular flexibility index (Phi) is 14.1. The van der Waals surface area contributed by atoms with Crippen molar-refractivity contribution in [2.45, 2.75) is 108 Å². The van der Waals surface area contributed by atoms with Crippen LogP contribution in [0.25, 0.3) is 0 Å². The molecule has 44 heavy (non-hydrogen) atoms. The van der Waals surface area contributed by atoms with E-state index in [1.807, 2.05) is 54.7 Å². The molecule has 0 bridgehead atoms. The molecule has 3 fully saturated rings. The van der Waals surface area contributed by atoms with E-state index in [0.29, 0.717) is 6.54 Å². The van der Waals surface area contributed by atoms with Crippen molar-refractivity contribution in [2.75, 3.05) is 13.1 Å². The molecule has 2 saturated carbocycles. The van der Waals surface area contributed by atoms with Crippen molar-refractivity contribution in [2.24, 2.45) is 11.8 Å². The van der Waals surface area contributed by atoms with E-state index in [4.69, 9.17) is 0 Å². The molecule has 0 spiro atoms. The summed E-state index contributed by atoms with van der Waals surface area (Å²) in [7, 11) is 0. The quantitative estimate of drug-likeness (QED) is 0.256. The first-order chi connectivity index (χ1) is 21.5. The number of unbranched alkanes of at least 4 members (excludes halogenated alkanes) is 1. The van der Waals surface area contributed by atoms with Crippen molar-refractivity contribution < 1.29 is 19.2 Å². The van der Waals surface area contributed by atoms with Crippen molar-refractivity contribution in [3.05, 3.63) is 71.9 Å². The van der Waals surface area contributed by atoms with E-state index < -0.39 is 0 Å². The number of allylic oxidation sites excluding steroid dienone is 10. The number of ketones is 2. The molecule has 1 saturated heterocycles. The van der Waals surface area contributed by atoms with Crippen LogP contribution in [0.5, 0.6) is 0 Å². The highest BCUT2D eigenvalue weighted by molar-refractivity contribution is 5.97. The Morgan fingerprint density at radius 3 is 1.93 bits per heavy atom. The van der Waals surface area contributed by atoms with Crippen LogP contribution < -0.4 is 16.0 Å². The fourth-order valence-electron chi connectivity index (χ4n) is 6.75. The molecule has 0 aromatic carbocycles. The summed E-state index contributed by atoms with van der Waals surface area (Å²) in [5, 5.41) is 9.05. The number of Topliss-reactive ketones (excluding diaryl/α,β-unsaturated/α-hetero) is 2. The lowest BCUT2D eigenvalue weighted by Crippen LogP contribution is -2.42. The van der Waals surface area contributed by atoms with E-state index >= 15 is 0 Å². The van der Waals surface area contributed by atoms with Crippen molar-refractivity contribution in [1.82, 2.24) is 16.0 Å². The van der Waals surface area contributed by atoms with E-state index in [1.54, 1.807) is 0 Å². The third-order valence-electron chi connectivity index (χ3n) is 9.29. The summed E-state index contributed by atoms with van der Waals surface area (Å²) >= 11 is 0. The molecule has 2 amide bonds. The lowest BCUT2D eigenvalue weighted by Gasteiger charge is -2.36. The molecule has 4 rings (SSSR count). The van der Waals surface area contributed by atoms with Gasteiger partial charge in [-0.1, -0.05) is 112 Å². The standard InChI is InChI=1S/C37H51N3O4/c41-32(28-19-13-9-5-1-2-6-10-14-20-28)24-25-33(42)39-27-34(43)38-26-18-17-23-31-37(44)35-29-21-15-11-7-3-4-8-12-16-22-30(29)36(35)40-31/h3-4,7-8,11-12,15-16,21-22,28,31,35-36,40H,1-2,5-6,9-10,13-14,17-20,23-27H2,(H,38,43)(H,39,42)/b4-3?,7-3-,8-4-,11-7?,12-8?,15-11-,16-12-,21-15?,22-16?,29-21?,30-22?. The fourth-order valence-corrected chi connectivity index (χ4v) is 6.75. The summed E-state index contributed by atoms with van der Waals surface area (Å²) in [6.07, 6.45) is 34.3. The molecule has 3 unspecified atom stereocenters. The second-order valence-corrected chi connectivity index (χ2v) is 12.6. The van der Waals surface area contributed by atoms with Gasteiger partial charge in [-0.2, -0.15) is 0 Å². The Bertz CT molecular complexity index is 1180. The first-order valence-electron chi connectivity index (χ1n) is 17.0. The fraction of sp³-hybridized carbons (Fsp3) is 0.568. The summed E-state index contributed by atoms with van der Waals surface area (Å²) in [4.78, 5) is 50.5. The Morgan fingerprint density at radius 1 is 0.682 bits per heavy atom. The van der Waals surface area contributed by atoms with Gasteiger partial charge < -0.3 is 10.6 Å². The molecule has 1 heterocycles. The predicted molar refractivity (Wildman–Crippen MR) is 176 cm³/mol. The van der Waals surface area contributed by atoms with E-state index in [-0.39, 0.29) is 66.7 Å². The van der Waals surface area contributed by atoms with Gasteiger partial charge in [-0.15, -0.1) is 0 Å². The molecule has 7 nitrogen and oxygen atoms in total. The average molecular weight is 602 g/mol. The van der Waals surface area contributed by atoms with Gasteiger partial charge in [0.15, 0.2) is 5.78 Å². The van der Waals surface area contributed by atoms with Crippen molar-refractivity contribution in [3.63, 3.8) is 0 Å². The lowest BCUT2D eigenvalue weighted by atomic mass is 9.69. The van der Waals surface area contributed by atoms with E-state index in [0.717, 1.165) is 50.5 Å². The number of rotatable bonds is 11. The predicted octanol–water partition coefficient (Wildman–Crippen LogP) is 5.90. The van der Waals surface area contributed by atoms with Crippen LogP contribution in [0.4, 0.5) is 0 Å². The van der Waals surface area contributed by atoms with Crippen molar-refractivity contribution >= 4 is 23.4 Å². The maximum Gasteiger partial charge on any atom is 0.239 e. The molecule has 3 aliphatic carbocycles. The highest BCUT2D eigenvalue weighted by Gasteiger charge is 2.52. The SMILES string of the molecule is O=C(CCC(=O)C1CCCCCCCCCC1)NCC(=O)NCCCCC1NC2C3=C\C=C/C=C\C=C/C=C\C=C3C2C1=O. The van der Waals surface area contributed by atoms with Gasteiger partial charge >= 0.3 is 0 Å². The maximum atomic E-state index is 13.1. The largest absolute Gasteiger partial charge is 0.355 e. The minimum atomic E-state index is -0.251. The number of carbonyl (C=O) groups excluding carboxylic acids is 4. The number of hydrogen-bond acceptors (Lipinski definition) is 5. The molecule has 1 aliphatic heterocycles. The molecule has 4 aliphatic rings. The molecular weight excluding hydrogens is 550 g/mol. The Labute approximate surface area is 263 Å². The third kappa shape index (κ3) is 10.4. The van der Waals surface area contributed by atoms with Crippen LogP contribution in [0.2, 0.25) is 0 Å². The summed E-state index contributed by atoms with van der Waals surface area (Å²) in [6, 6.07) is -0.116. The maximum absolute atomic E-state index is 13.1. The van der Waals surface area contributed by atoms with Crippen molar-refractivity contribution in [3.8, 4) is 0 Å². The van der Waals surface area contributed by atoms with Gasteiger partial charge in [0.05, 0.1) is 18.5 Å². The minimum absolute atomic E-state index is 0.0633. The van der Waals surface area contributed by atoms with Crippen LogP contribution in [0, 0.1) is 11.8 Å². The number of hydrogen-bond donors (Lipinski definition) is 3. The zero-order chi connectivity index (χ0) is 31.0. The van der Waals surface area contributed by atoms with Gasteiger partial charge in [0.25, 0.3) is 0 Å². The molecule has 3 N–H and O–H groups in total. The number of fused-ring (bicyclic) bond motifs is 4. The molecule has 0 aromatic rings. The zero-order valence-corrected chi connectivity index (χ0v) is 26.2. The number of amides is 2. The van der Waals surface area contributed by atoms with Crippen LogP contribution in [0.15, 0.2) is 71.9 Å². The van der Waals surface area contributed by atoms with Crippen LogP contribution in [0.3, 0.4) is 0 Å². The van der Waals surface area contributed by atoms with Crippen LogP contribution >= 0.6 is 0 Å². The number of nitrogens with one attached hydrogen (secondary N) is 3. The summed E-state index contributed by atoms with van der Waals surface area (Å²) < 4.78 is 0. The van der Waals surface area contributed by atoms with Crippen molar-refractivity contribution in [1.29, 1.82) is 0 Å². The Morgan fingerprint density at radius 2 is 1.27 bits per heavy atom. The second-order valence-electron chi connectivity index (χ2n) is 12.6. The van der Waals surface area contributed by atoms with Crippen LogP contribution in [-0.2, 0) is 19.2 Å². The van der Waals surface area contributed by atoms with Gasteiger partial charge in [-0.3, -0.25) is 24.5 Å². The second kappa shape index (κ2) is 18.5. The monoisotopic (exact) mass is 601 g/mol. The Balaban J connectivity index is 1.09. The molecule has 0 aromatic heterocycles. The first kappa shape index (κ1) is 33.6. The van der Waals surface area contributed by atoms with Gasteiger partial charge in [-0.05, 0) is 43.3 Å². The average Bonchev–Trinajstić information content (AvgIpc) is 3.25. The van der Waals surface area contributed by atoms with Crippen LogP contribution in [-0.4, -0.2) is 48.6 Å². The molecular formula is C37H51N3O4. The smallest absolute Gasteiger partial charge is 0.239 e. The molecule has 3 atom stereocenters. The number of carbonyl (C=O) groups is 4. The highest BCUT2D eigenvalue weighted by atomic mass is 16.2. The van der Waals surface area contributed by atoms with Gasteiger partial charge in [0.2, 0.25) is 11.8 Å². The zero-order valence-electron chi connectivity index (χ0n) is 26.2. The molecule has 238 valence electrons. The molecule has 0 radical (unpaired) electrons. The summed E-state index contributed by atoms with van der Waals surface area (Å²) in [5.41, 5.74) is 2.26.